The minimum absolute atomic E-state index is 0.00774. The zero-order chi connectivity index (χ0) is 26.1. The van der Waals surface area contributed by atoms with E-state index in [0.29, 0.717) is 22.3 Å². The van der Waals surface area contributed by atoms with Gasteiger partial charge in [0.1, 0.15) is 5.82 Å². The van der Waals surface area contributed by atoms with Crippen molar-refractivity contribution in [2.24, 2.45) is 0 Å². The first-order chi connectivity index (χ1) is 17.0. The lowest BCUT2D eigenvalue weighted by Crippen LogP contribution is -2.58. The number of hydrogen-bond acceptors (Lipinski definition) is 5. The molecular formula is C25H24F4N4O2S. The van der Waals surface area contributed by atoms with Gasteiger partial charge >= 0.3 is 6.18 Å². The number of amides is 1. The van der Waals surface area contributed by atoms with Crippen molar-refractivity contribution in [3.05, 3.63) is 76.4 Å². The van der Waals surface area contributed by atoms with Crippen molar-refractivity contribution in [2.75, 3.05) is 25.0 Å². The van der Waals surface area contributed by atoms with Crippen LogP contribution in [0.25, 0.3) is 16.6 Å². The number of thiophene rings is 1. The number of halogens is 4. The molecule has 0 bridgehead atoms. The smallest absolute Gasteiger partial charge is 0.381 e. The summed E-state index contributed by atoms with van der Waals surface area (Å²) in [5.74, 6) is -0.987. The van der Waals surface area contributed by atoms with Crippen LogP contribution >= 0.6 is 11.3 Å². The summed E-state index contributed by atoms with van der Waals surface area (Å²) in [6, 6.07) is 10.7. The second kappa shape index (κ2) is 9.90. The first kappa shape index (κ1) is 25.6. The van der Waals surface area contributed by atoms with Crippen molar-refractivity contribution >= 4 is 33.8 Å². The number of hydrogen-bond donors (Lipinski definition) is 2. The Hall–Kier alpha value is -3.44. The van der Waals surface area contributed by atoms with Crippen LogP contribution in [0.1, 0.15) is 22.8 Å². The summed E-state index contributed by atoms with van der Waals surface area (Å²) in [5, 5.41) is 21.6. The van der Waals surface area contributed by atoms with Crippen molar-refractivity contribution in [1.82, 2.24) is 14.7 Å². The topological polar surface area (TPSA) is 70.4 Å². The van der Waals surface area contributed by atoms with Crippen molar-refractivity contribution in [2.45, 2.75) is 25.6 Å². The molecular weight excluding hydrogens is 496 g/mol. The van der Waals surface area contributed by atoms with Crippen molar-refractivity contribution < 1.29 is 27.5 Å². The summed E-state index contributed by atoms with van der Waals surface area (Å²) >= 11 is 1.26. The summed E-state index contributed by atoms with van der Waals surface area (Å²) in [4.78, 5) is 13.7. The summed E-state index contributed by atoms with van der Waals surface area (Å²) in [6.07, 6.45) is -3.52. The van der Waals surface area contributed by atoms with Gasteiger partial charge in [-0.05, 0) is 67.3 Å². The number of nitrogens with zero attached hydrogens (tertiary/aromatic N) is 3. The third-order valence-electron chi connectivity index (χ3n) is 5.89. The molecule has 2 aromatic heterocycles. The number of carbonyl (C=O) groups is 1. The number of alkyl halides is 3. The number of anilines is 1. The molecule has 4 rings (SSSR count). The molecule has 1 unspecified atom stereocenters. The van der Waals surface area contributed by atoms with E-state index in [0.717, 1.165) is 10.5 Å². The molecule has 4 aromatic rings. The lowest BCUT2D eigenvalue weighted by atomic mass is 10.0. The number of aromatic nitrogens is 2. The molecule has 0 aliphatic heterocycles. The van der Waals surface area contributed by atoms with Crippen LogP contribution in [0.5, 0.6) is 0 Å². The third kappa shape index (κ3) is 5.07. The van der Waals surface area contributed by atoms with Gasteiger partial charge in [0, 0.05) is 23.0 Å². The molecule has 0 spiro atoms. The van der Waals surface area contributed by atoms with E-state index in [1.54, 1.807) is 47.5 Å². The molecule has 0 fully saturated rings. The molecule has 0 saturated heterocycles. The highest BCUT2D eigenvalue weighted by Crippen LogP contribution is 2.34. The molecule has 0 radical (unpaired) electrons. The van der Waals surface area contributed by atoms with Gasteiger partial charge in [-0.3, -0.25) is 4.79 Å². The number of nitrogens with one attached hydrogen (secondary N) is 1. The molecule has 11 heteroatoms. The van der Waals surface area contributed by atoms with Gasteiger partial charge in [0.05, 0.1) is 36.1 Å². The minimum atomic E-state index is -5.01. The predicted molar refractivity (Wildman–Crippen MR) is 131 cm³/mol. The number of benzene rings is 2. The van der Waals surface area contributed by atoms with Crippen LogP contribution in [-0.4, -0.2) is 57.1 Å². The molecule has 1 atom stereocenters. The van der Waals surface area contributed by atoms with Crippen LogP contribution in [0.2, 0.25) is 0 Å². The standard InChI is InChI=1S/C25H24F4N4O2S/c1-3-32(23(34)17-8-9-36-13-17)15-24(35,25(27,28)29)14-30-21-10-16(2)11-22-20(21)12-31-33(22)19-6-4-18(26)5-7-19/h4-13,30,35H,3,14-15H2,1-2H3. The second-order valence-corrected chi connectivity index (χ2v) is 9.27. The van der Waals surface area contributed by atoms with Crippen molar-refractivity contribution in [1.29, 1.82) is 0 Å². The number of aryl methyl sites for hydroxylation is 1. The average Bonchev–Trinajstić information content (AvgIpc) is 3.51. The molecule has 6 nitrogen and oxygen atoms in total. The minimum Gasteiger partial charge on any atom is -0.381 e. The van der Waals surface area contributed by atoms with E-state index in [9.17, 15) is 27.5 Å². The zero-order valence-electron chi connectivity index (χ0n) is 19.5. The van der Waals surface area contributed by atoms with E-state index in [2.05, 4.69) is 10.4 Å². The predicted octanol–water partition coefficient (Wildman–Crippen LogP) is 5.40. The molecule has 0 aliphatic carbocycles. The van der Waals surface area contributed by atoms with E-state index < -0.39 is 36.6 Å². The van der Waals surface area contributed by atoms with E-state index in [1.807, 2.05) is 6.07 Å². The highest BCUT2D eigenvalue weighted by molar-refractivity contribution is 7.08. The van der Waals surface area contributed by atoms with E-state index in [-0.39, 0.29) is 12.1 Å². The van der Waals surface area contributed by atoms with Gasteiger partial charge in [0.25, 0.3) is 5.91 Å². The van der Waals surface area contributed by atoms with Gasteiger partial charge in [-0.2, -0.15) is 29.6 Å². The molecule has 2 aromatic carbocycles. The number of rotatable bonds is 8. The first-order valence-electron chi connectivity index (χ1n) is 11.1. The van der Waals surface area contributed by atoms with E-state index >= 15 is 0 Å². The SMILES string of the molecule is CCN(CC(O)(CNc1cc(C)cc2c1cnn2-c1ccc(F)cc1)C(F)(F)F)C(=O)c1ccsc1. The summed E-state index contributed by atoms with van der Waals surface area (Å²) in [7, 11) is 0. The molecule has 36 heavy (non-hydrogen) atoms. The Morgan fingerprint density at radius 2 is 1.92 bits per heavy atom. The Morgan fingerprint density at radius 1 is 1.19 bits per heavy atom. The van der Waals surface area contributed by atoms with Crippen molar-refractivity contribution in [3.8, 4) is 5.69 Å². The Labute approximate surface area is 208 Å². The quantitative estimate of drug-likeness (QED) is 0.305. The second-order valence-electron chi connectivity index (χ2n) is 8.49. The maximum atomic E-state index is 14.1. The lowest BCUT2D eigenvalue weighted by molar-refractivity contribution is -0.257. The van der Waals surface area contributed by atoms with Crippen LogP contribution in [0.3, 0.4) is 0 Å². The fourth-order valence-corrected chi connectivity index (χ4v) is 4.53. The number of likely N-dealkylation sites (N-methyl/N-ethyl adjacent to an activating group) is 1. The number of aliphatic hydroxyl groups is 1. The van der Waals surface area contributed by atoms with Gasteiger partial charge < -0.3 is 15.3 Å². The Morgan fingerprint density at radius 3 is 2.53 bits per heavy atom. The molecule has 0 saturated carbocycles. The fraction of sp³-hybridized carbons (Fsp3) is 0.280. The largest absolute Gasteiger partial charge is 0.420 e. The van der Waals surface area contributed by atoms with Gasteiger partial charge in [-0.15, -0.1) is 0 Å². The highest BCUT2D eigenvalue weighted by Gasteiger charge is 2.55. The van der Waals surface area contributed by atoms with Crippen LogP contribution < -0.4 is 5.32 Å². The van der Waals surface area contributed by atoms with E-state index in [1.165, 1.54) is 35.7 Å². The molecule has 1 amide bonds. The summed E-state index contributed by atoms with van der Waals surface area (Å²) in [5.41, 5.74) is -0.672. The maximum absolute atomic E-state index is 14.1. The monoisotopic (exact) mass is 520 g/mol. The molecule has 0 aliphatic rings. The molecule has 2 heterocycles. The first-order valence-corrected chi connectivity index (χ1v) is 12.1. The summed E-state index contributed by atoms with van der Waals surface area (Å²) in [6.45, 7) is 1.51. The fourth-order valence-electron chi connectivity index (χ4n) is 3.90. The average molecular weight is 521 g/mol. The van der Waals surface area contributed by atoms with Crippen molar-refractivity contribution in [3.63, 3.8) is 0 Å². The number of carbonyl (C=O) groups excluding carboxylic acids is 1. The Kier molecular flexibility index (Phi) is 7.05. The van der Waals surface area contributed by atoms with Crippen LogP contribution in [0, 0.1) is 12.7 Å². The van der Waals surface area contributed by atoms with Crippen LogP contribution in [0.4, 0.5) is 23.2 Å². The van der Waals surface area contributed by atoms with Gasteiger partial charge in [-0.1, -0.05) is 0 Å². The third-order valence-corrected chi connectivity index (χ3v) is 6.58. The Bertz CT molecular complexity index is 1350. The lowest BCUT2D eigenvalue weighted by Gasteiger charge is -2.35. The Balaban J connectivity index is 1.63. The van der Waals surface area contributed by atoms with Crippen LogP contribution in [0.15, 0.2) is 59.4 Å². The maximum Gasteiger partial charge on any atom is 0.420 e. The molecule has 2 N–H and O–H groups in total. The highest BCUT2D eigenvalue weighted by atomic mass is 32.1. The van der Waals surface area contributed by atoms with Gasteiger partial charge in [0.2, 0.25) is 0 Å². The number of fused-ring (bicyclic) bond motifs is 1. The van der Waals surface area contributed by atoms with Gasteiger partial charge in [-0.25, -0.2) is 9.07 Å². The van der Waals surface area contributed by atoms with Crippen LogP contribution in [-0.2, 0) is 0 Å². The molecule has 190 valence electrons. The normalized spacial score (nSPS) is 13.5. The van der Waals surface area contributed by atoms with Gasteiger partial charge in [0.15, 0.2) is 5.60 Å². The zero-order valence-corrected chi connectivity index (χ0v) is 20.3. The summed E-state index contributed by atoms with van der Waals surface area (Å²) < 4.78 is 57.2. The van der Waals surface area contributed by atoms with E-state index in [4.69, 9.17) is 0 Å².